The van der Waals surface area contributed by atoms with E-state index in [-0.39, 0.29) is 41.5 Å². The summed E-state index contributed by atoms with van der Waals surface area (Å²) >= 11 is 0. The highest BCUT2D eigenvalue weighted by Gasteiger charge is 2.12. The Bertz CT molecular complexity index is 783. The maximum absolute atomic E-state index is 12.1. The Morgan fingerprint density at radius 2 is 1.58 bits per heavy atom. The van der Waals surface area contributed by atoms with Crippen molar-refractivity contribution in [3.8, 4) is 0 Å². The molecule has 0 saturated carbocycles. The molecule has 0 aromatic heterocycles. The molecule has 0 spiro atoms. The third kappa shape index (κ3) is 6.93. The van der Waals surface area contributed by atoms with Gasteiger partial charge in [-0.1, -0.05) is 48.5 Å². The highest BCUT2D eigenvalue weighted by atomic mass is 127. The number of guanidine groups is 1. The number of halogens is 1. The topological polar surface area (TPSA) is 82.6 Å². The lowest BCUT2D eigenvalue weighted by Gasteiger charge is -2.18. The smallest absolute Gasteiger partial charge is 0.240 e. The third-order valence-corrected chi connectivity index (χ3v) is 5.12. The Morgan fingerprint density at radius 3 is 2.15 bits per heavy atom. The van der Waals surface area contributed by atoms with Crippen LogP contribution in [0.1, 0.15) is 18.5 Å². The molecule has 6 nitrogen and oxygen atoms in total. The zero-order valence-corrected chi connectivity index (χ0v) is 18.0. The Labute approximate surface area is 172 Å². The summed E-state index contributed by atoms with van der Waals surface area (Å²) in [7, 11) is -1.80. The van der Waals surface area contributed by atoms with Gasteiger partial charge in [-0.25, -0.2) is 13.1 Å². The highest BCUT2D eigenvalue weighted by Crippen LogP contribution is 2.10. The van der Waals surface area contributed by atoms with Gasteiger partial charge < -0.3 is 10.6 Å². The Hall–Kier alpha value is -1.65. The van der Waals surface area contributed by atoms with Crippen LogP contribution in [0.25, 0.3) is 0 Å². The third-order valence-electron chi connectivity index (χ3n) is 3.64. The van der Waals surface area contributed by atoms with Crippen LogP contribution in [0.5, 0.6) is 0 Å². The Balaban J connectivity index is 0.00000338. The molecule has 0 bridgehead atoms. The van der Waals surface area contributed by atoms with Crippen LogP contribution < -0.4 is 15.4 Å². The number of rotatable bonds is 7. The first-order chi connectivity index (χ1) is 12.0. The molecule has 1 unspecified atom stereocenters. The Morgan fingerprint density at radius 1 is 1.00 bits per heavy atom. The molecular weight excluding hydrogens is 463 g/mol. The molecule has 0 fully saturated rings. The van der Waals surface area contributed by atoms with Crippen molar-refractivity contribution in [1.29, 1.82) is 0 Å². The number of benzene rings is 2. The normalized spacial score (nSPS) is 12.8. The number of hydrogen-bond donors (Lipinski definition) is 3. The molecule has 0 heterocycles. The molecule has 0 aliphatic carbocycles. The van der Waals surface area contributed by atoms with Crippen molar-refractivity contribution < 1.29 is 8.42 Å². The van der Waals surface area contributed by atoms with Crippen LogP contribution in [0.2, 0.25) is 0 Å². The van der Waals surface area contributed by atoms with Gasteiger partial charge in [0, 0.05) is 20.1 Å². The fourth-order valence-corrected chi connectivity index (χ4v) is 3.33. The lowest BCUT2D eigenvalue weighted by molar-refractivity contribution is 0.580. The molecular formula is C18H25IN4O2S. The standard InChI is InChI=1S/C18H24N4O2S.HI/c1-15(16-9-5-3-6-10-16)22-18(19-2)20-13-14-21-25(23,24)17-11-7-4-8-12-17;/h3-12,15,21H,13-14H2,1-2H3,(H2,19,20,22);1H. The van der Waals surface area contributed by atoms with Crippen molar-refractivity contribution in [1.82, 2.24) is 15.4 Å². The van der Waals surface area contributed by atoms with E-state index in [0.29, 0.717) is 12.5 Å². The van der Waals surface area contributed by atoms with Gasteiger partial charge in [-0.15, -0.1) is 24.0 Å². The first-order valence-corrected chi connectivity index (χ1v) is 9.58. The molecule has 0 amide bonds. The van der Waals surface area contributed by atoms with E-state index < -0.39 is 10.0 Å². The molecule has 0 aliphatic rings. The minimum absolute atomic E-state index is 0. The molecule has 2 aromatic rings. The van der Waals surface area contributed by atoms with Gasteiger partial charge in [0.2, 0.25) is 10.0 Å². The van der Waals surface area contributed by atoms with Gasteiger partial charge in [-0.3, -0.25) is 4.99 Å². The van der Waals surface area contributed by atoms with Crippen molar-refractivity contribution in [2.75, 3.05) is 20.1 Å². The monoisotopic (exact) mass is 488 g/mol. The van der Waals surface area contributed by atoms with Crippen molar-refractivity contribution in [3.63, 3.8) is 0 Å². The quantitative estimate of drug-likeness (QED) is 0.242. The van der Waals surface area contributed by atoms with Crippen LogP contribution >= 0.6 is 24.0 Å². The summed E-state index contributed by atoms with van der Waals surface area (Å²) in [5, 5.41) is 6.38. The van der Waals surface area contributed by atoms with E-state index in [2.05, 4.69) is 20.3 Å². The molecule has 26 heavy (non-hydrogen) atoms. The summed E-state index contributed by atoms with van der Waals surface area (Å²) in [6.45, 7) is 2.73. The van der Waals surface area contributed by atoms with Crippen LogP contribution in [0.3, 0.4) is 0 Å². The Kier molecular flexibility index (Phi) is 9.60. The summed E-state index contributed by atoms with van der Waals surface area (Å²) < 4.78 is 26.8. The van der Waals surface area contributed by atoms with Gasteiger partial charge in [0.05, 0.1) is 10.9 Å². The molecule has 3 N–H and O–H groups in total. The van der Waals surface area contributed by atoms with Gasteiger partial charge in [-0.05, 0) is 24.6 Å². The maximum atomic E-state index is 12.1. The summed E-state index contributed by atoms with van der Waals surface area (Å²) in [5.74, 6) is 0.621. The van der Waals surface area contributed by atoms with E-state index >= 15 is 0 Å². The summed E-state index contributed by atoms with van der Waals surface area (Å²) in [4.78, 5) is 4.42. The molecule has 0 aliphatic heterocycles. The summed E-state index contributed by atoms with van der Waals surface area (Å²) in [6.07, 6.45) is 0. The first kappa shape index (κ1) is 22.4. The van der Waals surface area contributed by atoms with E-state index in [1.165, 1.54) is 0 Å². The van der Waals surface area contributed by atoms with E-state index in [1.54, 1.807) is 37.4 Å². The molecule has 0 radical (unpaired) electrons. The lowest BCUT2D eigenvalue weighted by atomic mass is 10.1. The number of nitrogens with one attached hydrogen (secondary N) is 3. The second-order valence-electron chi connectivity index (χ2n) is 5.49. The maximum Gasteiger partial charge on any atom is 0.240 e. The first-order valence-electron chi connectivity index (χ1n) is 8.10. The number of hydrogen-bond acceptors (Lipinski definition) is 3. The van der Waals surface area contributed by atoms with E-state index in [0.717, 1.165) is 5.56 Å². The average Bonchev–Trinajstić information content (AvgIpc) is 2.65. The van der Waals surface area contributed by atoms with E-state index in [1.807, 2.05) is 37.3 Å². The molecule has 8 heteroatoms. The molecule has 0 saturated heterocycles. The van der Waals surface area contributed by atoms with Crippen LogP contribution in [0.15, 0.2) is 70.6 Å². The second-order valence-corrected chi connectivity index (χ2v) is 7.25. The van der Waals surface area contributed by atoms with Gasteiger partial charge in [0.25, 0.3) is 0 Å². The molecule has 1 atom stereocenters. The molecule has 2 rings (SSSR count). The van der Waals surface area contributed by atoms with Crippen molar-refractivity contribution in [2.24, 2.45) is 4.99 Å². The number of aliphatic imine (C=N–C) groups is 1. The summed E-state index contributed by atoms with van der Waals surface area (Å²) in [6, 6.07) is 18.4. The SMILES string of the molecule is CN=C(NCCNS(=O)(=O)c1ccccc1)NC(C)c1ccccc1.I. The highest BCUT2D eigenvalue weighted by molar-refractivity contribution is 14.0. The second kappa shape index (κ2) is 11.1. The van der Waals surface area contributed by atoms with E-state index in [9.17, 15) is 8.42 Å². The predicted molar refractivity (Wildman–Crippen MR) is 116 cm³/mol. The van der Waals surface area contributed by atoms with Crippen molar-refractivity contribution in [3.05, 3.63) is 66.2 Å². The number of sulfonamides is 1. The van der Waals surface area contributed by atoms with Crippen molar-refractivity contribution >= 4 is 40.0 Å². The van der Waals surface area contributed by atoms with Gasteiger partial charge >= 0.3 is 0 Å². The zero-order valence-electron chi connectivity index (χ0n) is 14.8. The van der Waals surface area contributed by atoms with Crippen LogP contribution in [-0.4, -0.2) is 34.5 Å². The van der Waals surface area contributed by atoms with Crippen molar-refractivity contribution in [2.45, 2.75) is 17.9 Å². The average molecular weight is 488 g/mol. The minimum Gasteiger partial charge on any atom is -0.355 e. The predicted octanol–water partition coefficient (Wildman–Crippen LogP) is 2.51. The molecule has 142 valence electrons. The zero-order chi connectivity index (χ0) is 18.1. The van der Waals surface area contributed by atoms with Gasteiger partial charge in [0.15, 0.2) is 5.96 Å². The van der Waals surface area contributed by atoms with E-state index in [4.69, 9.17) is 0 Å². The summed E-state index contributed by atoms with van der Waals surface area (Å²) in [5.41, 5.74) is 1.15. The minimum atomic E-state index is -3.48. The number of nitrogens with zero attached hydrogens (tertiary/aromatic N) is 1. The van der Waals surface area contributed by atoms with Crippen LogP contribution in [-0.2, 0) is 10.0 Å². The fraction of sp³-hybridized carbons (Fsp3) is 0.278. The van der Waals surface area contributed by atoms with Crippen LogP contribution in [0, 0.1) is 0 Å². The fourth-order valence-electron chi connectivity index (χ4n) is 2.27. The largest absolute Gasteiger partial charge is 0.355 e. The van der Waals surface area contributed by atoms with Gasteiger partial charge in [0.1, 0.15) is 0 Å². The molecule has 2 aromatic carbocycles. The lowest BCUT2D eigenvalue weighted by Crippen LogP contribution is -2.42. The van der Waals surface area contributed by atoms with Gasteiger partial charge in [-0.2, -0.15) is 0 Å². The van der Waals surface area contributed by atoms with Crippen LogP contribution in [0.4, 0.5) is 0 Å².